The number of fused-ring (bicyclic) bond motifs is 1. The van der Waals surface area contributed by atoms with Gasteiger partial charge in [0.05, 0.1) is 11.5 Å². The van der Waals surface area contributed by atoms with E-state index in [4.69, 9.17) is 4.74 Å². The lowest BCUT2D eigenvalue weighted by Gasteiger charge is -2.13. The molecule has 1 aromatic heterocycles. The zero-order valence-corrected chi connectivity index (χ0v) is 8.27. The maximum absolute atomic E-state index is 5.56. The van der Waals surface area contributed by atoms with Crippen molar-refractivity contribution in [2.24, 2.45) is 0 Å². The van der Waals surface area contributed by atoms with Crippen LogP contribution in [0.1, 0.15) is 9.75 Å². The van der Waals surface area contributed by atoms with E-state index in [0.29, 0.717) is 0 Å². The molecule has 1 aliphatic heterocycles. The average molecular weight is 186 g/mol. The number of thiophene rings is 1. The van der Waals surface area contributed by atoms with Gasteiger partial charge in [-0.05, 0) is 13.8 Å². The van der Waals surface area contributed by atoms with Crippen LogP contribution >= 0.6 is 23.1 Å². The molecule has 0 aromatic carbocycles. The van der Waals surface area contributed by atoms with Gasteiger partial charge >= 0.3 is 0 Å². The van der Waals surface area contributed by atoms with Crippen LogP contribution in [-0.2, 0) is 0 Å². The number of thioether (sulfide) groups is 1. The average Bonchev–Trinajstić information content (AvgIpc) is 2.30. The molecule has 0 aliphatic carbocycles. The molecule has 60 valence electrons. The summed E-state index contributed by atoms with van der Waals surface area (Å²) in [6.07, 6.45) is 0. The second kappa shape index (κ2) is 2.72. The van der Waals surface area contributed by atoms with Crippen molar-refractivity contribution in [3.8, 4) is 5.75 Å². The summed E-state index contributed by atoms with van der Waals surface area (Å²) in [7, 11) is 0. The number of rotatable bonds is 0. The van der Waals surface area contributed by atoms with Gasteiger partial charge in [-0.2, -0.15) is 0 Å². The summed E-state index contributed by atoms with van der Waals surface area (Å²) in [6.45, 7) is 5.16. The van der Waals surface area contributed by atoms with Crippen molar-refractivity contribution >= 4 is 23.1 Å². The molecule has 0 amide bonds. The lowest BCUT2D eigenvalue weighted by molar-refractivity contribution is 0.329. The molecule has 2 heterocycles. The molecule has 1 nitrogen and oxygen atoms in total. The molecule has 3 heteroatoms. The summed E-state index contributed by atoms with van der Waals surface area (Å²) in [5, 5.41) is 0. The fourth-order valence-corrected chi connectivity index (χ4v) is 3.45. The Bertz CT molecular complexity index is 251. The van der Waals surface area contributed by atoms with Crippen LogP contribution < -0.4 is 4.74 Å². The molecule has 2 rings (SSSR count). The van der Waals surface area contributed by atoms with E-state index >= 15 is 0 Å². The fraction of sp³-hybridized carbons (Fsp3) is 0.500. The van der Waals surface area contributed by atoms with Crippen molar-refractivity contribution < 1.29 is 4.74 Å². The van der Waals surface area contributed by atoms with E-state index in [9.17, 15) is 0 Å². The number of aryl methyl sites for hydroxylation is 2. The zero-order chi connectivity index (χ0) is 7.84. The molecule has 0 bridgehead atoms. The van der Waals surface area contributed by atoms with Gasteiger partial charge in [0.25, 0.3) is 0 Å². The van der Waals surface area contributed by atoms with Gasteiger partial charge in [-0.25, -0.2) is 0 Å². The zero-order valence-electron chi connectivity index (χ0n) is 6.64. The van der Waals surface area contributed by atoms with Gasteiger partial charge in [-0.1, -0.05) is 0 Å². The van der Waals surface area contributed by atoms with Crippen LogP contribution in [0.5, 0.6) is 5.75 Å². The molecule has 0 spiro atoms. The van der Waals surface area contributed by atoms with Crippen LogP contribution in [0, 0.1) is 13.8 Å². The van der Waals surface area contributed by atoms with Gasteiger partial charge in [0, 0.05) is 15.5 Å². The lowest BCUT2D eigenvalue weighted by Crippen LogP contribution is -2.05. The minimum Gasteiger partial charge on any atom is -0.490 e. The standard InChI is InChI=1S/C8H10OS2/c1-5-7-8(6(2)11-5)10-4-3-9-7/h3-4H2,1-2H3. The van der Waals surface area contributed by atoms with Gasteiger partial charge in [0.1, 0.15) is 5.75 Å². The fourth-order valence-electron chi connectivity index (χ4n) is 1.26. The van der Waals surface area contributed by atoms with E-state index in [1.807, 2.05) is 23.1 Å². The monoisotopic (exact) mass is 186 g/mol. The predicted octanol–water partition coefficient (Wildman–Crippen LogP) is 2.85. The Morgan fingerprint density at radius 2 is 2.09 bits per heavy atom. The first-order chi connectivity index (χ1) is 5.29. The van der Waals surface area contributed by atoms with E-state index in [1.165, 1.54) is 14.6 Å². The molecular formula is C8H10OS2. The Kier molecular flexibility index (Phi) is 1.85. The predicted molar refractivity (Wildman–Crippen MR) is 50.0 cm³/mol. The third-order valence-electron chi connectivity index (χ3n) is 1.73. The van der Waals surface area contributed by atoms with Crippen molar-refractivity contribution in [2.45, 2.75) is 18.7 Å². The largest absolute Gasteiger partial charge is 0.490 e. The quantitative estimate of drug-likeness (QED) is 0.616. The van der Waals surface area contributed by atoms with Gasteiger partial charge in [0.15, 0.2) is 0 Å². The minimum atomic E-state index is 0.870. The number of ether oxygens (including phenoxy) is 1. The highest BCUT2D eigenvalue weighted by atomic mass is 32.2. The van der Waals surface area contributed by atoms with E-state index in [0.717, 1.165) is 18.1 Å². The molecule has 0 saturated heterocycles. The molecule has 1 aliphatic rings. The SMILES string of the molecule is Cc1sc(C)c2c1OCCS2. The minimum absolute atomic E-state index is 0.870. The lowest BCUT2D eigenvalue weighted by atomic mass is 10.4. The normalized spacial score (nSPS) is 15.8. The molecule has 1 aromatic rings. The molecule has 0 N–H and O–H groups in total. The Hall–Kier alpha value is -0.150. The Balaban J connectivity index is 2.52. The van der Waals surface area contributed by atoms with Crippen LogP contribution in [0.4, 0.5) is 0 Å². The smallest absolute Gasteiger partial charge is 0.146 e. The van der Waals surface area contributed by atoms with E-state index in [1.54, 1.807) is 0 Å². The van der Waals surface area contributed by atoms with Gasteiger partial charge < -0.3 is 4.74 Å². The van der Waals surface area contributed by atoms with Crippen LogP contribution in [0.15, 0.2) is 4.90 Å². The summed E-state index contributed by atoms with van der Waals surface area (Å²) < 4.78 is 5.56. The van der Waals surface area contributed by atoms with Crippen molar-refractivity contribution in [1.29, 1.82) is 0 Å². The highest BCUT2D eigenvalue weighted by Crippen LogP contribution is 2.43. The van der Waals surface area contributed by atoms with Crippen LogP contribution in [-0.4, -0.2) is 12.4 Å². The van der Waals surface area contributed by atoms with E-state index < -0.39 is 0 Å². The van der Waals surface area contributed by atoms with Crippen molar-refractivity contribution in [3.05, 3.63) is 9.75 Å². The van der Waals surface area contributed by atoms with Gasteiger partial charge in [-0.3, -0.25) is 0 Å². The van der Waals surface area contributed by atoms with Crippen LogP contribution in [0.25, 0.3) is 0 Å². The maximum Gasteiger partial charge on any atom is 0.146 e. The van der Waals surface area contributed by atoms with Crippen LogP contribution in [0.3, 0.4) is 0 Å². The topological polar surface area (TPSA) is 9.23 Å². The summed E-state index contributed by atoms with van der Waals surface area (Å²) >= 11 is 3.76. The molecular weight excluding hydrogens is 176 g/mol. The number of hydrogen-bond donors (Lipinski definition) is 0. The van der Waals surface area contributed by atoms with Gasteiger partial charge in [0.2, 0.25) is 0 Å². The maximum atomic E-state index is 5.56. The third-order valence-corrected chi connectivity index (χ3v) is 4.01. The third kappa shape index (κ3) is 1.16. The Morgan fingerprint density at radius 1 is 1.27 bits per heavy atom. The van der Waals surface area contributed by atoms with Crippen molar-refractivity contribution in [2.75, 3.05) is 12.4 Å². The second-order valence-electron chi connectivity index (χ2n) is 2.57. The summed E-state index contributed by atoms with van der Waals surface area (Å²) in [6, 6.07) is 0. The number of hydrogen-bond acceptors (Lipinski definition) is 3. The molecule has 0 saturated carbocycles. The Morgan fingerprint density at radius 3 is 2.82 bits per heavy atom. The van der Waals surface area contributed by atoms with Crippen molar-refractivity contribution in [1.82, 2.24) is 0 Å². The highest BCUT2D eigenvalue weighted by molar-refractivity contribution is 7.99. The molecule has 0 unspecified atom stereocenters. The summed E-state index contributed by atoms with van der Waals surface area (Å²) in [4.78, 5) is 4.10. The molecule has 0 radical (unpaired) electrons. The summed E-state index contributed by atoms with van der Waals surface area (Å²) in [5.74, 6) is 2.24. The van der Waals surface area contributed by atoms with E-state index in [-0.39, 0.29) is 0 Å². The van der Waals surface area contributed by atoms with Crippen LogP contribution in [0.2, 0.25) is 0 Å². The first kappa shape index (κ1) is 7.50. The second-order valence-corrected chi connectivity index (χ2v) is 5.10. The van der Waals surface area contributed by atoms with Gasteiger partial charge in [-0.15, -0.1) is 23.1 Å². The van der Waals surface area contributed by atoms with Crippen molar-refractivity contribution in [3.63, 3.8) is 0 Å². The van der Waals surface area contributed by atoms with E-state index in [2.05, 4.69) is 13.8 Å². The Labute approximate surface area is 74.8 Å². The highest BCUT2D eigenvalue weighted by Gasteiger charge is 2.18. The molecule has 0 atom stereocenters. The first-order valence-corrected chi connectivity index (χ1v) is 5.45. The molecule has 0 fully saturated rings. The molecule has 11 heavy (non-hydrogen) atoms. The summed E-state index contributed by atoms with van der Waals surface area (Å²) in [5.41, 5.74) is 0. The first-order valence-electron chi connectivity index (χ1n) is 3.64.